The highest BCUT2D eigenvalue weighted by molar-refractivity contribution is 5.47. The van der Waals surface area contributed by atoms with Crippen LogP contribution in [0, 0.1) is 29.1 Å². The molecule has 0 heterocycles. The highest BCUT2D eigenvalue weighted by Crippen LogP contribution is 2.27. The molecule has 0 aliphatic carbocycles. The third-order valence-electron chi connectivity index (χ3n) is 4.92. The topological polar surface area (TPSA) is 39.7 Å². The van der Waals surface area contributed by atoms with E-state index < -0.39 is 47.4 Å². The number of unbranched alkanes of at least 4 members (excludes halogenated alkanes) is 6. The van der Waals surface area contributed by atoms with E-state index in [1.54, 1.807) is 27.7 Å². The minimum atomic E-state index is -2.19. The zero-order valence-corrected chi connectivity index (χ0v) is 20.3. The Labute approximate surface area is 194 Å². The van der Waals surface area contributed by atoms with Gasteiger partial charge in [0.1, 0.15) is 5.69 Å². The van der Waals surface area contributed by atoms with E-state index in [0.29, 0.717) is 6.42 Å². The summed E-state index contributed by atoms with van der Waals surface area (Å²) in [6.45, 7) is 8.15. The average Bonchev–Trinajstić information content (AvgIpc) is 2.74. The SMILES string of the molecule is CCCCCCCCCC(CNc1c(F)c(F)c(F)c(F)c1F)OC(OC(C)C)OC(C)C. The van der Waals surface area contributed by atoms with E-state index in [1.165, 1.54) is 12.8 Å². The molecule has 0 aliphatic heterocycles. The summed E-state index contributed by atoms with van der Waals surface area (Å²) in [5.74, 6) is -10.00. The first-order valence-electron chi connectivity index (χ1n) is 11.8. The van der Waals surface area contributed by atoms with Crippen molar-refractivity contribution in [3.8, 4) is 0 Å². The first-order valence-corrected chi connectivity index (χ1v) is 11.8. The highest BCUT2D eigenvalue weighted by Gasteiger charge is 2.27. The summed E-state index contributed by atoms with van der Waals surface area (Å²) in [5.41, 5.74) is -1.08. The largest absolute Gasteiger partial charge is 0.377 e. The average molecular weight is 484 g/mol. The van der Waals surface area contributed by atoms with E-state index in [2.05, 4.69) is 12.2 Å². The molecule has 1 unspecified atom stereocenters. The Morgan fingerprint density at radius 2 is 1.09 bits per heavy atom. The van der Waals surface area contributed by atoms with Crippen molar-refractivity contribution in [3.05, 3.63) is 29.1 Å². The Hall–Kier alpha value is -1.45. The molecule has 0 spiro atoms. The Bertz CT molecular complexity index is 664. The third kappa shape index (κ3) is 10.6. The number of hydrogen-bond acceptors (Lipinski definition) is 4. The smallest absolute Gasteiger partial charge is 0.272 e. The quantitative estimate of drug-likeness (QED) is 0.0821. The van der Waals surface area contributed by atoms with Gasteiger partial charge < -0.3 is 19.5 Å². The van der Waals surface area contributed by atoms with Crippen LogP contribution in [0.5, 0.6) is 0 Å². The molecular formula is C24H38F5NO3. The number of halogens is 5. The number of rotatable bonds is 17. The summed E-state index contributed by atoms with van der Waals surface area (Å²) in [6, 6.07) is 0. The molecule has 0 saturated heterocycles. The second-order valence-corrected chi connectivity index (χ2v) is 8.65. The van der Waals surface area contributed by atoms with Crippen molar-refractivity contribution in [1.82, 2.24) is 0 Å². The molecule has 1 atom stereocenters. The van der Waals surface area contributed by atoms with E-state index in [4.69, 9.17) is 14.2 Å². The van der Waals surface area contributed by atoms with Crippen LogP contribution in [0.25, 0.3) is 0 Å². The van der Waals surface area contributed by atoms with Gasteiger partial charge in [-0.05, 0) is 34.1 Å². The van der Waals surface area contributed by atoms with Crippen LogP contribution in [0.3, 0.4) is 0 Å². The van der Waals surface area contributed by atoms with Gasteiger partial charge in [-0.25, -0.2) is 22.0 Å². The fourth-order valence-electron chi connectivity index (χ4n) is 3.22. The van der Waals surface area contributed by atoms with Gasteiger partial charge in [0.05, 0.1) is 18.3 Å². The van der Waals surface area contributed by atoms with Gasteiger partial charge in [-0.2, -0.15) is 0 Å². The van der Waals surface area contributed by atoms with Gasteiger partial charge in [-0.15, -0.1) is 0 Å². The Kier molecular flexibility index (Phi) is 13.9. The standard InChI is InChI=1S/C24H38F5NO3/c1-6-7-8-9-10-11-12-13-17(33-24(31-15(2)3)32-16(4)5)14-30-23-21(28)19(26)18(25)20(27)22(23)29/h15-17,24,30H,6-14H2,1-5H3. The minimum Gasteiger partial charge on any atom is -0.377 e. The summed E-state index contributed by atoms with van der Waals surface area (Å²) < 4.78 is 85.6. The molecule has 0 aliphatic rings. The first-order chi connectivity index (χ1) is 15.6. The lowest BCUT2D eigenvalue weighted by Crippen LogP contribution is -2.35. The Morgan fingerprint density at radius 3 is 1.58 bits per heavy atom. The molecule has 0 amide bonds. The predicted octanol–water partition coefficient (Wildman–Crippen LogP) is 7.45. The van der Waals surface area contributed by atoms with Crippen LogP contribution in [-0.4, -0.2) is 31.3 Å². The summed E-state index contributed by atoms with van der Waals surface area (Å²) in [4.78, 5) is 0. The highest BCUT2D eigenvalue weighted by atomic mass is 19.2. The summed E-state index contributed by atoms with van der Waals surface area (Å²) in [6.07, 6.45) is 6.83. The fraction of sp³-hybridized carbons (Fsp3) is 0.750. The maximum absolute atomic E-state index is 14.0. The van der Waals surface area contributed by atoms with Gasteiger partial charge in [0.25, 0.3) is 6.48 Å². The lowest BCUT2D eigenvalue weighted by molar-refractivity contribution is -0.325. The molecule has 1 rings (SSSR count). The maximum atomic E-state index is 14.0. The number of anilines is 1. The zero-order valence-electron chi connectivity index (χ0n) is 20.3. The maximum Gasteiger partial charge on any atom is 0.272 e. The second-order valence-electron chi connectivity index (χ2n) is 8.65. The van der Waals surface area contributed by atoms with Crippen molar-refractivity contribution in [3.63, 3.8) is 0 Å². The molecule has 0 bridgehead atoms. The van der Waals surface area contributed by atoms with Crippen molar-refractivity contribution in [2.75, 3.05) is 11.9 Å². The minimum absolute atomic E-state index is 0.187. The van der Waals surface area contributed by atoms with Gasteiger partial charge in [0, 0.05) is 6.54 Å². The van der Waals surface area contributed by atoms with Crippen LogP contribution in [0.15, 0.2) is 0 Å². The number of nitrogens with one attached hydrogen (secondary N) is 1. The first kappa shape index (κ1) is 29.6. The summed E-state index contributed by atoms with van der Waals surface area (Å²) in [5, 5.41) is 2.34. The molecule has 33 heavy (non-hydrogen) atoms. The van der Waals surface area contributed by atoms with Crippen LogP contribution in [0.2, 0.25) is 0 Å². The Morgan fingerprint density at radius 1 is 0.636 bits per heavy atom. The fourth-order valence-corrected chi connectivity index (χ4v) is 3.22. The number of hydrogen-bond donors (Lipinski definition) is 1. The molecule has 9 heteroatoms. The molecule has 0 saturated carbocycles. The van der Waals surface area contributed by atoms with E-state index in [1.807, 2.05) is 0 Å². The van der Waals surface area contributed by atoms with E-state index in [9.17, 15) is 22.0 Å². The molecule has 1 aromatic carbocycles. The molecule has 0 radical (unpaired) electrons. The van der Waals surface area contributed by atoms with Gasteiger partial charge in [0.15, 0.2) is 23.3 Å². The summed E-state index contributed by atoms with van der Waals surface area (Å²) >= 11 is 0. The molecular weight excluding hydrogens is 445 g/mol. The lowest BCUT2D eigenvalue weighted by Gasteiger charge is -2.28. The Balaban J connectivity index is 2.86. The van der Waals surface area contributed by atoms with Crippen molar-refractivity contribution in [1.29, 1.82) is 0 Å². The van der Waals surface area contributed by atoms with Gasteiger partial charge in [-0.3, -0.25) is 0 Å². The second kappa shape index (κ2) is 15.5. The molecule has 1 N–H and O–H groups in total. The van der Waals surface area contributed by atoms with Crippen LogP contribution in [0.1, 0.15) is 86.0 Å². The van der Waals surface area contributed by atoms with Gasteiger partial charge in [0.2, 0.25) is 5.82 Å². The van der Waals surface area contributed by atoms with Gasteiger partial charge in [-0.1, -0.05) is 51.9 Å². The normalized spacial score (nSPS) is 12.9. The van der Waals surface area contributed by atoms with Crippen LogP contribution in [-0.2, 0) is 14.2 Å². The van der Waals surface area contributed by atoms with E-state index in [0.717, 1.165) is 32.1 Å². The van der Waals surface area contributed by atoms with Crippen LogP contribution >= 0.6 is 0 Å². The number of ether oxygens (including phenoxy) is 3. The molecule has 0 fully saturated rings. The monoisotopic (exact) mass is 483 g/mol. The summed E-state index contributed by atoms with van der Waals surface area (Å²) in [7, 11) is 0. The van der Waals surface area contributed by atoms with Crippen LogP contribution < -0.4 is 5.32 Å². The van der Waals surface area contributed by atoms with Crippen molar-refractivity contribution in [2.24, 2.45) is 0 Å². The zero-order chi connectivity index (χ0) is 25.0. The lowest BCUT2D eigenvalue weighted by atomic mass is 10.1. The predicted molar refractivity (Wildman–Crippen MR) is 118 cm³/mol. The van der Waals surface area contributed by atoms with E-state index >= 15 is 0 Å². The van der Waals surface area contributed by atoms with Crippen molar-refractivity contribution >= 4 is 5.69 Å². The molecule has 1 aromatic rings. The van der Waals surface area contributed by atoms with Crippen molar-refractivity contribution < 1.29 is 36.2 Å². The molecule has 0 aromatic heterocycles. The van der Waals surface area contributed by atoms with Crippen molar-refractivity contribution in [2.45, 2.75) is 111 Å². The third-order valence-corrected chi connectivity index (χ3v) is 4.92. The van der Waals surface area contributed by atoms with E-state index in [-0.39, 0.29) is 18.8 Å². The molecule has 192 valence electrons. The molecule has 4 nitrogen and oxygen atoms in total. The number of benzene rings is 1. The van der Waals surface area contributed by atoms with Crippen LogP contribution in [0.4, 0.5) is 27.6 Å². The van der Waals surface area contributed by atoms with Gasteiger partial charge >= 0.3 is 0 Å².